The fraction of sp³-hybridized carbons (Fsp3) is 0.632. The van der Waals surface area contributed by atoms with E-state index in [4.69, 9.17) is 17.8 Å². The molecule has 124 valence electrons. The zero-order valence-corrected chi connectivity index (χ0v) is 15.4. The highest BCUT2D eigenvalue weighted by molar-refractivity contribution is 7.77. The molecule has 2 atom stereocenters. The van der Waals surface area contributed by atoms with Crippen LogP contribution >= 0.6 is 24.2 Å². The van der Waals surface area contributed by atoms with Crippen LogP contribution in [-0.2, 0) is 0 Å². The monoisotopic (exact) mass is 346 g/mol. The van der Waals surface area contributed by atoms with E-state index in [1.165, 1.54) is 73.0 Å². The summed E-state index contributed by atoms with van der Waals surface area (Å²) in [4.78, 5) is 4.97. The number of thiol groups is 1. The standard InChI is InChI=1S/C19H26N2S2/c22-21(14-8-2-1-3-9-14)17-12-6-4-10-15(17)19-20-16-11-5-7-13-18(16)23-19/h5,7,11,13-15,17,22H,1-4,6,8-10,12H2. The average molecular weight is 347 g/mol. The molecule has 2 aromatic rings. The van der Waals surface area contributed by atoms with E-state index in [2.05, 4.69) is 28.6 Å². The number of benzene rings is 1. The quantitative estimate of drug-likeness (QED) is 0.707. The van der Waals surface area contributed by atoms with Crippen molar-refractivity contribution in [2.24, 2.45) is 0 Å². The highest BCUT2D eigenvalue weighted by atomic mass is 32.1. The van der Waals surface area contributed by atoms with Crippen LogP contribution in [0.5, 0.6) is 0 Å². The molecule has 0 bridgehead atoms. The van der Waals surface area contributed by atoms with Gasteiger partial charge in [-0.1, -0.05) is 57.1 Å². The van der Waals surface area contributed by atoms with Gasteiger partial charge in [0.05, 0.1) is 15.2 Å². The maximum absolute atomic E-state index is 5.00. The Morgan fingerprint density at radius 3 is 2.52 bits per heavy atom. The molecule has 2 fully saturated rings. The van der Waals surface area contributed by atoms with Gasteiger partial charge in [0, 0.05) is 18.0 Å². The number of rotatable bonds is 3. The number of nitrogens with zero attached hydrogens (tertiary/aromatic N) is 2. The SMILES string of the molecule is SN(C1CCCCC1)C1CCCCC1c1nc2ccccc2s1. The zero-order chi connectivity index (χ0) is 15.6. The summed E-state index contributed by atoms with van der Waals surface area (Å²) in [7, 11) is 0. The van der Waals surface area contributed by atoms with Gasteiger partial charge in [-0.2, -0.15) is 0 Å². The first kappa shape index (κ1) is 15.9. The molecule has 23 heavy (non-hydrogen) atoms. The number of hydrogen-bond donors (Lipinski definition) is 1. The lowest BCUT2D eigenvalue weighted by Crippen LogP contribution is -2.42. The Labute approximate surface area is 148 Å². The van der Waals surface area contributed by atoms with Crippen molar-refractivity contribution >= 4 is 34.4 Å². The van der Waals surface area contributed by atoms with Gasteiger partial charge in [-0.25, -0.2) is 9.29 Å². The molecule has 0 radical (unpaired) electrons. The van der Waals surface area contributed by atoms with Crippen molar-refractivity contribution in [2.45, 2.75) is 75.8 Å². The second-order valence-electron chi connectivity index (χ2n) is 7.15. The lowest BCUT2D eigenvalue weighted by molar-refractivity contribution is 0.168. The molecule has 4 heteroatoms. The zero-order valence-electron chi connectivity index (χ0n) is 13.7. The summed E-state index contributed by atoms with van der Waals surface area (Å²) in [6.07, 6.45) is 12.0. The van der Waals surface area contributed by atoms with E-state index in [0.717, 1.165) is 0 Å². The van der Waals surface area contributed by atoms with Crippen LogP contribution in [0.15, 0.2) is 24.3 Å². The molecule has 1 aromatic heterocycles. The van der Waals surface area contributed by atoms with E-state index < -0.39 is 0 Å². The molecular formula is C19H26N2S2. The number of fused-ring (bicyclic) bond motifs is 1. The van der Waals surface area contributed by atoms with Gasteiger partial charge in [0.2, 0.25) is 0 Å². The molecule has 2 aliphatic rings. The van der Waals surface area contributed by atoms with Crippen LogP contribution in [0.2, 0.25) is 0 Å². The average Bonchev–Trinajstić information content (AvgIpc) is 3.06. The van der Waals surface area contributed by atoms with Gasteiger partial charge in [-0.05, 0) is 37.8 Å². The molecule has 2 nitrogen and oxygen atoms in total. The summed E-state index contributed by atoms with van der Waals surface area (Å²) in [5, 5.41) is 1.34. The van der Waals surface area contributed by atoms with E-state index in [1.54, 1.807) is 0 Å². The molecule has 4 rings (SSSR count). The molecule has 2 unspecified atom stereocenters. The van der Waals surface area contributed by atoms with Gasteiger partial charge >= 0.3 is 0 Å². The van der Waals surface area contributed by atoms with Gasteiger partial charge in [0.15, 0.2) is 0 Å². The predicted molar refractivity (Wildman–Crippen MR) is 102 cm³/mol. The summed E-state index contributed by atoms with van der Waals surface area (Å²) in [6, 6.07) is 9.80. The van der Waals surface area contributed by atoms with Gasteiger partial charge < -0.3 is 0 Å². The van der Waals surface area contributed by atoms with Crippen LogP contribution in [0.3, 0.4) is 0 Å². The Hall–Kier alpha value is -0.580. The second-order valence-corrected chi connectivity index (χ2v) is 8.67. The predicted octanol–water partition coefficient (Wildman–Crippen LogP) is 5.80. The fourth-order valence-corrected chi connectivity index (χ4v) is 6.05. The van der Waals surface area contributed by atoms with Crippen molar-refractivity contribution in [3.05, 3.63) is 29.3 Å². The van der Waals surface area contributed by atoms with Crippen LogP contribution in [0.1, 0.15) is 68.7 Å². The van der Waals surface area contributed by atoms with Crippen molar-refractivity contribution in [2.75, 3.05) is 0 Å². The molecule has 0 N–H and O–H groups in total. The minimum Gasteiger partial charge on any atom is -0.246 e. The number of hydrogen-bond acceptors (Lipinski definition) is 4. The van der Waals surface area contributed by atoms with Crippen LogP contribution < -0.4 is 0 Å². The first-order valence-electron chi connectivity index (χ1n) is 9.15. The normalized spacial score (nSPS) is 26.9. The minimum absolute atomic E-state index is 0.566. The van der Waals surface area contributed by atoms with Crippen molar-refractivity contribution in [3.8, 4) is 0 Å². The molecule has 2 saturated carbocycles. The summed E-state index contributed by atoms with van der Waals surface area (Å²) in [6.45, 7) is 0. The summed E-state index contributed by atoms with van der Waals surface area (Å²) >= 11 is 6.90. The molecule has 0 spiro atoms. The Balaban J connectivity index is 1.59. The summed E-state index contributed by atoms with van der Waals surface area (Å²) in [5.74, 6) is 0.570. The third-order valence-electron chi connectivity index (χ3n) is 5.65. The van der Waals surface area contributed by atoms with Crippen molar-refractivity contribution < 1.29 is 0 Å². The Kier molecular flexibility index (Phi) is 4.93. The fourth-order valence-electron chi connectivity index (χ4n) is 4.38. The van der Waals surface area contributed by atoms with Crippen LogP contribution in [0, 0.1) is 0 Å². The third-order valence-corrected chi connectivity index (χ3v) is 7.44. The van der Waals surface area contributed by atoms with E-state index >= 15 is 0 Å². The highest BCUT2D eigenvalue weighted by Gasteiger charge is 2.35. The lowest BCUT2D eigenvalue weighted by atomic mass is 9.83. The smallest absolute Gasteiger partial charge is 0.0985 e. The minimum atomic E-state index is 0.566. The summed E-state index contributed by atoms with van der Waals surface area (Å²) < 4.78 is 3.77. The molecule has 1 aromatic carbocycles. The van der Waals surface area contributed by atoms with E-state index in [9.17, 15) is 0 Å². The van der Waals surface area contributed by atoms with Gasteiger partial charge in [0.1, 0.15) is 0 Å². The van der Waals surface area contributed by atoms with Crippen molar-refractivity contribution in [1.82, 2.24) is 9.29 Å². The Bertz CT molecular complexity index is 615. The third kappa shape index (κ3) is 3.31. The van der Waals surface area contributed by atoms with Crippen molar-refractivity contribution in [1.29, 1.82) is 0 Å². The second kappa shape index (κ2) is 7.12. The van der Waals surface area contributed by atoms with E-state index in [1.807, 2.05) is 11.3 Å². The highest BCUT2D eigenvalue weighted by Crippen LogP contribution is 2.41. The molecule has 2 aliphatic carbocycles. The topological polar surface area (TPSA) is 16.1 Å². The maximum Gasteiger partial charge on any atom is 0.0985 e. The largest absolute Gasteiger partial charge is 0.246 e. The van der Waals surface area contributed by atoms with Crippen LogP contribution in [0.4, 0.5) is 0 Å². The van der Waals surface area contributed by atoms with Gasteiger partial charge in [0.25, 0.3) is 0 Å². The molecule has 0 aliphatic heterocycles. The number of aromatic nitrogens is 1. The number of para-hydroxylation sites is 1. The molecule has 0 saturated heterocycles. The van der Waals surface area contributed by atoms with Crippen molar-refractivity contribution in [3.63, 3.8) is 0 Å². The molecule has 1 heterocycles. The van der Waals surface area contributed by atoms with Gasteiger partial charge in [-0.3, -0.25) is 0 Å². The molecule has 0 amide bonds. The summed E-state index contributed by atoms with van der Waals surface area (Å²) in [5.41, 5.74) is 1.17. The van der Waals surface area contributed by atoms with E-state index in [0.29, 0.717) is 18.0 Å². The lowest BCUT2D eigenvalue weighted by Gasteiger charge is -2.41. The molecular weight excluding hydrogens is 320 g/mol. The maximum atomic E-state index is 5.00. The van der Waals surface area contributed by atoms with Crippen LogP contribution in [0.25, 0.3) is 10.2 Å². The first-order valence-corrected chi connectivity index (χ1v) is 10.4. The van der Waals surface area contributed by atoms with Gasteiger partial charge in [-0.15, -0.1) is 11.3 Å². The first-order chi connectivity index (χ1) is 11.3. The van der Waals surface area contributed by atoms with Crippen LogP contribution in [-0.4, -0.2) is 21.4 Å². The van der Waals surface area contributed by atoms with E-state index in [-0.39, 0.29) is 0 Å². The number of thiazole rings is 1. The Morgan fingerprint density at radius 2 is 1.70 bits per heavy atom. The Morgan fingerprint density at radius 1 is 0.957 bits per heavy atom.